The van der Waals surface area contributed by atoms with Gasteiger partial charge in [-0.15, -0.1) is 0 Å². The molecule has 1 heterocycles. The average Bonchev–Trinajstić information content (AvgIpc) is 2.40. The first kappa shape index (κ1) is 16.5. The molecule has 0 unspecified atom stereocenters. The molecule has 1 saturated heterocycles. The zero-order valence-electron chi connectivity index (χ0n) is 13.1. The van der Waals surface area contributed by atoms with Crippen LogP contribution < -0.4 is 10.6 Å². The maximum atomic E-state index is 12.5. The van der Waals surface area contributed by atoms with Crippen LogP contribution in [0.15, 0.2) is 28.7 Å². The van der Waals surface area contributed by atoms with E-state index < -0.39 is 0 Å². The molecular weight excluding hydrogens is 328 g/mol. The third-order valence-corrected chi connectivity index (χ3v) is 4.54. The van der Waals surface area contributed by atoms with E-state index in [2.05, 4.69) is 59.5 Å². The van der Waals surface area contributed by atoms with Gasteiger partial charge in [-0.05, 0) is 64.3 Å². The van der Waals surface area contributed by atoms with Gasteiger partial charge in [0.05, 0.1) is 0 Å². The van der Waals surface area contributed by atoms with E-state index in [9.17, 15) is 4.79 Å². The van der Waals surface area contributed by atoms with Crippen molar-refractivity contribution >= 4 is 21.8 Å². The Kier molecular flexibility index (Phi) is 5.44. The molecule has 0 saturated carbocycles. The molecule has 1 aliphatic rings. The van der Waals surface area contributed by atoms with Crippen molar-refractivity contribution in [1.29, 1.82) is 0 Å². The number of hydrogen-bond donors (Lipinski definition) is 2. The van der Waals surface area contributed by atoms with Gasteiger partial charge in [0.1, 0.15) is 0 Å². The van der Waals surface area contributed by atoms with Gasteiger partial charge in [-0.3, -0.25) is 4.79 Å². The van der Waals surface area contributed by atoms with E-state index in [1.54, 1.807) is 0 Å². The van der Waals surface area contributed by atoms with E-state index in [0.717, 1.165) is 30.3 Å². The molecular formula is C17H25BrN2O. The molecule has 2 atom stereocenters. The fraction of sp³-hybridized carbons (Fsp3) is 0.588. The lowest BCUT2D eigenvalue weighted by molar-refractivity contribution is -0.127. The standard InChI is InChI=1S/C17H25BrN2O/c1-12-10-14(8-9-19-12)16(21)20-17(2,3)11-13-4-6-15(18)7-5-13/h4-7,12,14,19H,8-11H2,1-3H3,(H,20,21)/t12-,14-/m0/s1. The van der Waals surface area contributed by atoms with Crippen LogP contribution in [-0.2, 0) is 11.2 Å². The quantitative estimate of drug-likeness (QED) is 0.872. The van der Waals surface area contributed by atoms with Crippen LogP contribution in [0.3, 0.4) is 0 Å². The van der Waals surface area contributed by atoms with Crippen molar-refractivity contribution < 1.29 is 4.79 Å². The number of halogens is 1. The Bertz CT molecular complexity index is 484. The molecule has 0 bridgehead atoms. The van der Waals surface area contributed by atoms with E-state index >= 15 is 0 Å². The van der Waals surface area contributed by atoms with Gasteiger partial charge in [-0.25, -0.2) is 0 Å². The number of carbonyl (C=O) groups excluding carboxylic acids is 1. The summed E-state index contributed by atoms with van der Waals surface area (Å²) in [6.07, 6.45) is 2.71. The summed E-state index contributed by atoms with van der Waals surface area (Å²) in [5.74, 6) is 0.343. The van der Waals surface area contributed by atoms with Gasteiger partial charge < -0.3 is 10.6 Å². The highest BCUT2D eigenvalue weighted by atomic mass is 79.9. The molecule has 0 radical (unpaired) electrons. The molecule has 1 aromatic rings. The van der Waals surface area contributed by atoms with Gasteiger partial charge in [-0.1, -0.05) is 28.1 Å². The SMILES string of the molecule is C[C@H]1C[C@@H](C(=O)NC(C)(C)Cc2ccc(Br)cc2)CCN1. The zero-order valence-corrected chi connectivity index (χ0v) is 14.7. The summed E-state index contributed by atoms with van der Waals surface area (Å²) in [4.78, 5) is 12.5. The van der Waals surface area contributed by atoms with Crippen LogP contribution in [0.5, 0.6) is 0 Å². The molecule has 21 heavy (non-hydrogen) atoms. The van der Waals surface area contributed by atoms with Gasteiger partial charge in [0.15, 0.2) is 0 Å². The van der Waals surface area contributed by atoms with E-state index in [1.807, 2.05) is 12.1 Å². The number of benzene rings is 1. The van der Waals surface area contributed by atoms with E-state index in [0.29, 0.717) is 6.04 Å². The summed E-state index contributed by atoms with van der Waals surface area (Å²) in [5, 5.41) is 6.62. The van der Waals surface area contributed by atoms with Crippen molar-refractivity contribution in [1.82, 2.24) is 10.6 Å². The van der Waals surface area contributed by atoms with E-state index in [4.69, 9.17) is 0 Å². The highest BCUT2D eigenvalue weighted by molar-refractivity contribution is 9.10. The molecule has 116 valence electrons. The van der Waals surface area contributed by atoms with Crippen LogP contribution in [0.1, 0.15) is 39.2 Å². The number of amides is 1. The lowest BCUT2D eigenvalue weighted by atomic mass is 9.89. The lowest BCUT2D eigenvalue weighted by Gasteiger charge is -2.32. The topological polar surface area (TPSA) is 41.1 Å². The number of rotatable bonds is 4. The second-order valence-electron chi connectivity index (χ2n) is 6.75. The molecule has 1 aromatic carbocycles. The van der Waals surface area contributed by atoms with Gasteiger partial charge in [0.25, 0.3) is 0 Å². The highest BCUT2D eigenvalue weighted by Crippen LogP contribution is 2.20. The molecule has 2 N–H and O–H groups in total. The summed E-state index contributed by atoms with van der Waals surface area (Å²) in [5.41, 5.74) is 1.01. The Labute approximate surface area is 136 Å². The van der Waals surface area contributed by atoms with Crippen LogP contribution in [0, 0.1) is 5.92 Å². The highest BCUT2D eigenvalue weighted by Gasteiger charge is 2.29. The summed E-state index contributed by atoms with van der Waals surface area (Å²) in [6, 6.07) is 8.72. The van der Waals surface area contributed by atoms with Gasteiger partial charge in [0, 0.05) is 22.0 Å². The predicted octanol–water partition coefficient (Wildman–Crippen LogP) is 3.27. The molecule has 0 aromatic heterocycles. The van der Waals surface area contributed by atoms with Crippen LogP contribution in [-0.4, -0.2) is 24.0 Å². The Morgan fingerprint density at radius 2 is 2.05 bits per heavy atom. The average molecular weight is 353 g/mol. The van der Waals surface area contributed by atoms with Crippen LogP contribution >= 0.6 is 15.9 Å². The largest absolute Gasteiger partial charge is 0.351 e. The normalized spacial score (nSPS) is 22.9. The number of hydrogen-bond acceptors (Lipinski definition) is 2. The molecule has 0 spiro atoms. The minimum absolute atomic E-state index is 0.144. The summed E-state index contributed by atoms with van der Waals surface area (Å²) in [6.45, 7) is 7.27. The maximum Gasteiger partial charge on any atom is 0.223 e. The van der Waals surface area contributed by atoms with Crippen LogP contribution in [0.2, 0.25) is 0 Å². The summed E-state index contributed by atoms with van der Waals surface area (Å²) >= 11 is 3.45. The van der Waals surface area contributed by atoms with Crippen molar-refractivity contribution in [3.63, 3.8) is 0 Å². The first-order chi connectivity index (χ1) is 9.85. The van der Waals surface area contributed by atoms with Crippen LogP contribution in [0.25, 0.3) is 0 Å². The fourth-order valence-electron chi connectivity index (χ4n) is 2.96. The molecule has 1 fully saturated rings. The molecule has 4 heteroatoms. The van der Waals surface area contributed by atoms with Crippen molar-refractivity contribution in [3.05, 3.63) is 34.3 Å². The van der Waals surface area contributed by atoms with Crippen molar-refractivity contribution in [2.24, 2.45) is 5.92 Å². The lowest BCUT2D eigenvalue weighted by Crippen LogP contribution is -2.50. The monoisotopic (exact) mass is 352 g/mol. The summed E-state index contributed by atoms with van der Waals surface area (Å²) in [7, 11) is 0. The predicted molar refractivity (Wildman–Crippen MR) is 90.3 cm³/mol. The number of nitrogens with one attached hydrogen (secondary N) is 2. The zero-order chi connectivity index (χ0) is 15.5. The smallest absolute Gasteiger partial charge is 0.223 e. The number of carbonyl (C=O) groups is 1. The Morgan fingerprint density at radius 3 is 2.67 bits per heavy atom. The second-order valence-corrected chi connectivity index (χ2v) is 7.67. The van der Waals surface area contributed by atoms with Crippen molar-refractivity contribution in [3.8, 4) is 0 Å². The third-order valence-electron chi connectivity index (χ3n) is 4.02. The second kappa shape index (κ2) is 6.93. The minimum Gasteiger partial charge on any atom is -0.351 e. The molecule has 1 aliphatic heterocycles. The molecule has 3 nitrogen and oxygen atoms in total. The van der Waals surface area contributed by atoms with Gasteiger partial charge >= 0.3 is 0 Å². The number of piperidine rings is 1. The van der Waals surface area contributed by atoms with E-state index in [1.165, 1.54) is 5.56 Å². The van der Waals surface area contributed by atoms with Crippen LogP contribution in [0.4, 0.5) is 0 Å². The first-order valence-electron chi connectivity index (χ1n) is 7.65. The van der Waals surface area contributed by atoms with Gasteiger partial charge in [-0.2, -0.15) is 0 Å². The van der Waals surface area contributed by atoms with E-state index in [-0.39, 0.29) is 17.4 Å². The first-order valence-corrected chi connectivity index (χ1v) is 8.45. The minimum atomic E-state index is -0.223. The Hall–Kier alpha value is -0.870. The van der Waals surface area contributed by atoms with Crippen molar-refractivity contribution in [2.75, 3.05) is 6.54 Å². The molecule has 0 aliphatic carbocycles. The maximum absolute atomic E-state index is 12.5. The molecule has 1 amide bonds. The summed E-state index contributed by atoms with van der Waals surface area (Å²) < 4.78 is 1.08. The molecule has 2 rings (SSSR count). The fourth-order valence-corrected chi connectivity index (χ4v) is 3.23. The Balaban J connectivity index is 1.93. The van der Waals surface area contributed by atoms with Gasteiger partial charge in [0.2, 0.25) is 5.91 Å². The third kappa shape index (κ3) is 5.11. The van der Waals surface area contributed by atoms with Crippen molar-refractivity contribution in [2.45, 2.75) is 51.6 Å². The Morgan fingerprint density at radius 1 is 1.38 bits per heavy atom.